The van der Waals surface area contributed by atoms with Gasteiger partial charge in [0, 0.05) is 7.05 Å². The number of hydrogen-bond acceptors (Lipinski definition) is 2. The Morgan fingerprint density at radius 2 is 1.08 bits per heavy atom. The van der Waals surface area contributed by atoms with Gasteiger partial charge in [0.05, 0.1) is 0 Å². The molecule has 0 aromatic heterocycles. The summed E-state index contributed by atoms with van der Waals surface area (Å²) in [6, 6.07) is 0. The van der Waals surface area contributed by atoms with Crippen LogP contribution in [0.4, 0.5) is 0 Å². The molecule has 0 rings (SSSR count). The van der Waals surface area contributed by atoms with Crippen LogP contribution in [0.3, 0.4) is 0 Å². The molecule has 1 amide bonds. The summed E-state index contributed by atoms with van der Waals surface area (Å²) in [5.74, 6) is -0.771. The third-order valence-electron chi connectivity index (χ3n) is 5.05. The van der Waals surface area contributed by atoms with E-state index in [0.29, 0.717) is 6.42 Å². The zero-order valence-electron chi connectivity index (χ0n) is 16.9. The van der Waals surface area contributed by atoms with Crippen molar-refractivity contribution in [2.45, 2.75) is 116 Å². The zero-order chi connectivity index (χ0) is 18.6. The van der Waals surface area contributed by atoms with Crippen LogP contribution in [0.25, 0.3) is 0 Å². The quantitative estimate of drug-likeness (QED) is 0.225. The molecule has 0 aromatic rings. The van der Waals surface area contributed by atoms with Crippen molar-refractivity contribution < 1.29 is 9.59 Å². The van der Waals surface area contributed by atoms with E-state index in [1.165, 1.54) is 89.9 Å². The number of hydrogen-bond donors (Lipinski definition) is 1. The molecular formula is C22H42NO2. The van der Waals surface area contributed by atoms with E-state index in [9.17, 15) is 9.59 Å². The molecule has 0 aromatic carbocycles. The van der Waals surface area contributed by atoms with E-state index in [2.05, 4.69) is 12.2 Å². The first kappa shape index (κ1) is 24.1. The summed E-state index contributed by atoms with van der Waals surface area (Å²) in [6.07, 6.45) is 23.8. The Balaban J connectivity index is 3.19. The van der Waals surface area contributed by atoms with Gasteiger partial charge in [-0.3, -0.25) is 9.59 Å². The van der Waals surface area contributed by atoms with E-state index < -0.39 is 5.92 Å². The van der Waals surface area contributed by atoms with Gasteiger partial charge in [0.2, 0.25) is 12.2 Å². The summed E-state index contributed by atoms with van der Waals surface area (Å²) in [5.41, 5.74) is 0. The van der Waals surface area contributed by atoms with Gasteiger partial charge in [-0.15, -0.1) is 0 Å². The van der Waals surface area contributed by atoms with Gasteiger partial charge in [0.1, 0.15) is 5.92 Å². The molecule has 25 heavy (non-hydrogen) atoms. The number of unbranched alkanes of at least 4 members (excludes halogenated alkanes) is 15. The molecule has 1 radical (unpaired) electrons. The molecule has 0 saturated carbocycles. The van der Waals surface area contributed by atoms with Crippen LogP contribution in [-0.4, -0.2) is 19.2 Å². The smallest absolute Gasteiger partial charge is 0.230 e. The fourth-order valence-electron chi connectivity index (χ4n) is 3.31. The van der Waals surface area contributed by atoms with Crippen LogP contribution in [0.2, 0.25) is 0 Å². The molecule has 0 aliphatic rings. The predicted octanol–water partition coefficient (Wildman–Crippen LogP) is 6.11. The van der Waals surface area contributed by atoms with Crippen LogP contribution in [-0.2, 0) is 9.59 Å². The number of carbonyl (C=O) groups is 1. The average Bonchev–Trinajstić information content (AvgIpc) is 2.64. The maximum absolute atomic E-state index is 11.4. The minimum absolute atomic E-state index is 0.198. The lowest BCUT2D eigenvalue weighted by atomic mass is 10.00. The Morgan fingerprint density at radius 1 is 0.720 bits per heavy atom. The highest BCUT2D eigenvalue weighted by atomic mass is 16.2. The Kier molecular flexibility index (Phi) is 18.8. The monoisotopic (exact) mass is 352 g/mol. The minimum atomic E-state index is -0.573. The normalized spacial score (nSPS) is 12.1. The molecule has 0 heterocycles. The van der Waals surface area contributed by atoms with Gasteiger partial charge in [-0.25, -0.2) is 0 Å². The fourth-order valence-corrected chi connectivity index (χ4v) is 3.31. The lowest BCUT2D eigenvalue weighted by Crippen LogP contribution is -2.28. The van der Waals surface area contributed by atoms with E-state index in [1.807, 2.05) is 6.29 Å². The van der Waals surface area contributed by atoms with Gasteiger partial charge in [0.15, 0.2) is 0 Å². The van der Waals surface area contributed by atoms with Crippen molar-refractivity contribution in [3.05, 3.63) is 0 Å². The average molecular weight is 353 g/mol. The molecular weight excluding hydrogens is 310 g/mol. The number of nitrogens with one attached hydrogen (secondary N) is 1. The SMILES string of the molecule is CCCCCCCCCCCCCCCCCCC([C]=O)C(=O)NC. The summed E-state index contributed by atoms with van der Waals surface area (Å²) in [5, 5.41) is 2.52. The maximum atomic E-state index is 11.4. The van der Waals surface area contributed by atoms with Crippen LogP contribution < -0.4 is 5.32 Å². The van der Waals surface area contributed by atoms with Crippen molar-refractivity contribution in [3.8, 4) is 0 Å². The molecule has 0 saturated heterocycles. The lowest BCUT2D eigenvalue weighted by molar-refractivity contribution is -0.122. The number of carbonyl (C=O) groups excluding carboxylic acids is 2. The molecule has 0 fully saturated rings. The van der Waals surface area contributed by atoms with Crippen LogP contribution >= 0.6 is 0 Å². The van der Waals surface area contributed by atoms with E-state index in [0.717, 1.165) is 12.8 Å². The first-order chi connectivity index (χ1) is 12.3. The first-order valence-electron chi connectivity index (χ1n) is 10.9. The van der Waals surface area contributed by atoms with E-state index in [1.54, 1.807) is 7.05 Å². The summed E-state index contributed by atoms with van der Waals surface area (Å²) >= 11 is 0. The highest BCUT2D eigenvalue weighted by Crippen LogP contribution is 2.15. The van der Waals surface area contributed by atoms with E-state index >= 15 is 0 Å². The van der Waals surface area contributed by atoms with Crippen LogP contribution in [0.1, 0.15) is 116 Å². The van der Waals surface area contributed by atoms with Crippen LogP contribution in [0.15, 0.2) is 0 Å². The van der Waals surface area contributed by atoms with E-state index in [4.69, 9.17) is 0 Å². The van der Waals surface area contributed by atoms with Crippen LogP contribution in [0, 0.1) is 5.92 Å². The zero-order valence-corrected chi connectivity index (χ0v) is 16.9. The number of rotatable bonds is 19. The van der Waals surface area contributed by atoms with Gasteiger partial charge in [-0.2, -0.15) is 0 Å². The lowest BCUT2D eigenvalue weighted by Gasteiger charge is -2.07. The molecule has 1 atom stereocenters. The second-order valence-corrected chi connectivity index (χ2v) is 7.38. The maximum Gasteiger partial charge on any atom is 0.230 e. The van der Waals surface area contributed by atoms with Crippen molar-refractivity contribution >= 4 is 12.2 Å². The standard InChI is InChI=1S/C22H42NO2/c1-3-4-5-6-7-8-9-10-11-12-13-14-15-16-17-18-19-21(20-24)22(25)23-2/h21H,3-19H2,1-2H3,(H,23,25). The summed E-state index contributed by atoms with van der Waals surface area (Å²) < 4.78 is 0. The second-order valence-electron chi connectivity index (χ2n) is 7.38. The third-order valence-corrected chi connectivity index (χ3v) is 5.05. The molecule has 0 bridgehead atoms. The largest absolute Gasteiger partial charge is 0.359 e. The van der Waals surface area contributed by atoms with Gasteiger partial charge in [0.25, 0.3) is 0 Å². The van der Waals surface area contributed by atoms with Crippen molar-refractivity contribution in [1.29, 1.82) is 0 Å². The molecule has 0 aliphatic heterocycles. The topological polar surface area (TPSA) is 46.2 Å². The van der Waals surface area contributed by atoms with Crippen LogP contribution in [0.5, 0.6) is 0 Å². The van der Waals surface area contributed by atoms with Gasteiger partial charge >= 0.3 is 0 Å². The Hall–Kier alpha value is -0.860. The molecule has 3 nitrogen and oxygen atoms in total. The second kappa shape index (κ2) is 19.5. The van der Waals surface area contributed by atoms with Gasteiger partial charge < -0.3 is 5.32 Å². The molecule has 1 unspecified atom stereocenters. The van der Waals surface area contributed by atoms with Crippen molar-refractivity contribution in [2.75, 3.05) is 7.05 Å². The molecule has 147 valence electrons. The van der Waals surface area contributed by atoms with Crippen molar-refractivity contribution in [1.82, 2.24) is 5.32 Å². The highest BCUT2D eigenvalue weighted by Gasteiger charge is 2.15. The molecule has 0 aliphatic carbocycles. The van der Waals surface area contributed by atoms with Gasteiger partial charge in [-0.05, 0) is 6.42 Å². The Bertz CT molecular complexity index is 304. The molecule has 1 N–H and O–H groups in total. The molecule has 0 spiro atoms. The van der Waals surface area contributed by atoms with Gasteiger partial charge in [-0.1, -0.05) is 110 Å². The summed E-state index contributed by atoms with van der Waals surface area (Å²) in [4.78, 5) is 22.1. The van der Waals surface area contributed by atoms with Crippen molar-refractivity contribution in [2.24, 2.45) is 5.92 Å². The van der Waals surface area contributed by atoms with E-state index in [-0.39, 0.29) is 5.91 Å². The highest BCUT2D eigenvalue weighted by molar-refractivity contribution is 5.91. The van der Waals surface area contributed by atoms with Crippen molar-refractivity contribution in [3.63, 3.8) is 0 Å². The predicted molar refractivity (Wildman–Crippen MR) is 107 cm³/mol. The molecule has 3 heteroatoms. The minimum Gasteiger partial charge on any atom is -0.359 e. The summed E-state index contributed by atoms with van der Waals surface area (Å²) in [7, 11) is 1.57. The fraction of sp³-hybridized carbons (Fsp3) is 0.909. The Labute approximate surface area is 156 Å². The number of amides is 1. The third kappa shape index (κ3) is 16.4. The first-order valence-corrected chi connectivity index (χ1v) is 10.9. The Morgan fingerprint density at radius 3 is 1.40 bits per heavy atom. The summed E-state index contributed by atoms with van der Waals surface area (Å²) in [6.45, 7) is 2.27.